The lowest BCUT2D eigenvalue weighted by molar-refractivity contribution is 0.0987. The molecule has 172 valence electrons. The molecule has 0 saturated heterocycles. The van der Waals surface area contributed by atoms with Crippen LogP contribution in [0.1, 0.15) is 22.3 Å². The second-order valence-corrected chi connectivity index (χ2v) is 10.6. The maximum absolute atomic E-state index is 14.2. The maximum Gasteiger partial charge on any atom is 0.260 e. The Labute approximate surface area is 207 Å². The van der Waals surface area contributed by atoms with Crippen LogP contribution in [0.5, 0.6) is 0 Å². The molecule has 0 radical (unpaired) electrons. The molecule has 0 saturated carbocycles. The van der Waals surface area contributed by atoms with Gasteiger partial charge in [-0.1, -0.05) is 41.7 Å². The average Bonchev–Trinajstić information content (AvgIpc) is 3.50. The quantitative estimate of drug-likeness (QED) is 0.264. The second-order valence-electron chi connectivity index (χ2n) is 8.63. The molecule has 34 heavy (non-hydrogen) atoms. The predicted molar refractivity (Wildman–Crippen MR) is 144 cm³/mol. The highest BCUT2D eigenvalue weighted by Crippen LogP contribution is 2.33. The van der Waals surface area contributed by atoms with E-state index >= 15 is 0 Å². The largest absolute Gasteiger partial charge is 0.309 e. The van der Waals surface area contributed by atoms with Gasteiger partial charge in [0.15, 0.2) is 5.13 Å². The van der Waals surface area contributed by atoms with E-state index in [1.54, 1.807) is 22.7 Å². The van der Waals surface area contributed by atoms with Crippen molar-refractivity contribution in [2.45, 2.75) is 13.3 Å². The molecule has 3 aromatic heterocycles. The number of fused-ring (bicyclic) bond motifs is 2. The van der Waals surface area contributed by atoms with Crippen LogP contribution in [0.2, 0.25) is 0 Å². The Hall–Kier alpha value is -3.13. The molecule has 5 rings (SSSR count). The number of hydrogen-bond donors (Lipinski definition) is 0. The van der Waals surface area contributed by atoms with E-state index in [9.17, 15) is 4.79 Å². The van der Waals surface area contributed by atoms with Crippen LogP contribution in [-0.4, -0.2) is 48.0 Å². The predicted octanol–water partition coefficient (Wildman–Crippen LogP) is 6.48. The van der Waals surface area contributed by atoms with Crippen molar-refractivity contribution in [2.75, 3.05) is 32.1 Å². The summed E-state index contributed by atoms with van der Waals surface area (Å²) in [5.41, 5.74) is 4.42. The average molecular weight is 487 g/mol. The Balaban J connectivity index is 1.61. The summed E-state index contributed by atoms with van der Waals surface area (Å²) in [6.45, 7) is 3.57. The van der Waals surface area contributed by atoms with Gasteiger partial charge in [0, 0.05) is 11.9 Å². The summed E-state index contributed by atoms with van der Waals surface area (Å²) < 4.78 is 1.10. The van der Waals surface area contributed by atoms with E-state index in [2.05, 4.69) is 38.1 Å². The summed E-state index contributed by atoms with van der Waals surface area (Å²) in [4.78, 5) is 28.9. The summed E-state index contributed by atoms with van der Waals surface area (Å²) in [6.07, 6.45) is 0.856. The lowest BCUT2D eigenvalue weighted by Crippen LogP contribution is -2.33. The van der Waals surface area contributed by atoms with Crippen LogP contribution >= 0.6 is 22.7 Å². The van der Waals surface area contributed by atoms with Gasteiger partial charge in [-0.15, -0.1) is 11.3 Å². The molecular formula is C27H26N4OS2. The molecule has 5 nitrogen and oxygen atoms in total. The number of carbonyl (C=O) groups is 1. The van der Waals surface area contributed by atoms with Crippen LogP contribution in [0.3, 0.4) is 0 Å². The topological polar surface area (TPSA) is 49.3 Å². The zero-order valence-corrected chi connectivity index (χ0v) is 21.1. The van der Waals surface area contributed by atoms with Gasteiger partial charge in [-0.3, -0.25) is 9.69 Å². The number of thiophene rings is 1. The highest BCUT2D eigenvalue weighted by molar-refractivity contribution is 7.22. The number of anilines is 1. The number of para-hydroxylation sites is 1. The van der Waals surface area contributed by atoms with Crippen molar-refractivity contribution in [3.8, 4) is 10.6 Å². The van der Waals surface area contributed by atoms with Crippen LogP contribution in [0.15, 0.2) is 66.0 Å². The molecule has 0 unspecified atom stereocenters. The first kappa shape index (κ1) is 22.7. The second kappa shape index (κ2) is 9.62. The van der Waals surface area contributed by atoms with Crippen LogP contribution in [0.25, 0.3) is 31.7 Å². The van der Waals surface area contributed by atoms with Crippen LogP contribution < -0.4 is 4.90 Å². The number of benzene rings is 2. The van der Waals surface area contributed by atoms with E-state index in [-0.39, 0.29) is 5.91 Å². The number of aromatic nitrogens is 2. The third kappa shape index (κ3) is 4.59. The van der Waals surface area contributed by atoms with Gasteiger partial charge >= 0.3 is 0 Å². The van der Waals surface area contributed by atoms with E-state index in [1.165, 1.54) is 5.56 Å². The van der Waals surface area contributed by atoms with Crippen molar-refractivity contribution in [3.63, 3.8) is 0 Å². The number of carbonyl (C=O) groups excluding carboxylic acids is 1. The van der Waals surface area contributed by atoms with Crippen molar-refractivity contribution < 1.29 is 4.79 Å². The first-order valence-electron chi connectivity index (χ1n) is 11.3. The van der Waals surface area contributed by atoms with Crippen molar-refractivity contribution in [2.24, 2.45) is 0 Å². The van der Waals surface area contributed by atoms with Crippen molar-refractivity contribution in [3.05, 3.63) is 77.2 Å². The summed E-state index contributed by atoms with van der Waals surface area (Å²) in [5.74, 6) is -0.0362. The minimum atomic E-state index is -0.0362. The molecule has 0 aliphatic heterocycles. The van der Waals surface area contributed by atoms with Crippen molar-refractivity contribution in [1.29, 1.82) is 0 Å². The van der Waals surface area contributed by atoms with Gasteiger partial charge in [-0.2, -0.15) is 0 Å². The number of amides is 1. The molecule has 0 atom stereocenters. The minimum absolute atomic E-state index is 0.0362. The number of nitrogens with zero attached hydrogens (tertiary/aromatic N) is 4. The zero-order chi connectivity index (χ0) is 23.7. The van der Waals surface area contributed by atoms with E-state index in [0.717, 1.165) is 49.8 Å². The van der Waals surface area contributed by atoms with E-state index < -0.39 is 0 Å². The molecule has 3 heterocycles. The zero-order valence-electron chi connectivity index (χ0n) is 19.5. The summed E-state index contributed by atoms with van der Waals surface area (Å²) in [6, 6.07) is 20.1. The molecule has 0 spiro atoms. The fraction of sp³-hybridized carbons (Fsp3) is 0.222. The molecule has 7 heteroatoms. The van der Waals surface area contributed by atoms with Gasteiger partial charge in [0.25, 0.3) is 5.91 Å². The van der Waals surface area contributed by atoms with Gasteiger partial charge in [0.05, 0.1) is 31.9 Å². The number of pyridine rings is 1. The Kier molecular flexibility index (Phi) is 6.41. The SMILES string of the molecule is Cc1ccc2nc(N(CCCN(C)C)C(=O)c3cc(-c4cccs4)nc4ccccc34)sc2c1. The number of aryl methyl sites for hydroxylation is 1. The number of thiazole rings is 1. The molecule has 0 aliphatic carbocycles. The third-order valence-corrected chi connectivity index (χ3v) is 7.65. The Morgan fingerprint density at radius 2 is 1.79 bits per heavy atom. The van der Waals surface area contributed by atoms with Gasteiger partial charge in [0.2, 0.25) is 0 Å². The summed E-state index contributed by atoms with van der Waals surface area (Å²) in [7, 11) is 4.10. The van der Waals surface area contributed by atoms with E-state index in [4.69, 9.17) is 9.97 Å². The highest BCUT2D eigenvalue weighted by Gasteiger charge is 2.24. The van der Waals surface area contributed by atoms with Gasteiger partial charge in [-0.25, -0.2) is 9.97 Å². The lowest BCUT2D eigenvalue weighted by Gasteiger charge is -2.22. The van der Waals surface area contributed by atoms with Crippen molar-refractivity contribution >= 4 is 54.8 Å². The molecule has 0 aliphatic rings. The maximum atomic E-state index is 14.2. The molecular weight excluding hydrogens is 460 g/mol. The van der Waals surface area contributed by atoms with Gasteiger partial charge in [-0.05, 0) is 75.3 Å². The molecule has 2 aromatic carbocycles. The lowest BCUT2D eigenvalue weighted by atomic mass is 10.1. The molecule has 0 N–H and O–H groups in total. The van der Waals surface area contributed by atoms with Crippen LogP contribution in [-0.2, 0) is 0 Å². The highest BCUT2D eigenvalue weighted by atomic mass is 32.1. The fourth-order valence-corrected chi connectivity index (χ4v) is 5.79. The Morgan fingerprint density at radius 1 is 0.941 bits per heavy atom. The first-order valence-corrected chi connectivity index (χ1v) is 13.0. The monoisotopic (exact) mass is 486 g/mol. The third-order valence-electron chi connectivity index (χ3n) is 5.72. The molecule has 1 amide bonds. The van der Waals surface area contributed by atoms with Crippen LogP contribution in [0, 0.1) is 6.92 Å². The molecule has 0 fully saturated rings. The van der Waals surface area contributed by atoms with E-state index in [1.807, 2.05) is 58.8 Å². The summed E-state index contributed by atoms with van der Waals surface area (Å²) in [5, 5.41) is 3.63. The van der Waals surface area contributed by atoms with Gasteiger partial charge in [0.1, 0.15) is 0 Å². The first-order chi connectivity index (χ1) is 16.5. The Bertz CT molecular complexity index is 1460. The summed E-state index contributed by atoms with van der Waals surface area (Å²) >= 11 is 3.20. The molecule has 5 aromatic rings. The number of hydrogen-bond acceptors (Lipinski definition) is 6. The van der Waals surface area contributed by atoms with Crippen molar-refractivity contribution in [1.82, 2.24) is 14.9 Å². The smallest absolute Gasteiger partial charge is 0.260 e. The fourth-order valence-electron chi connectivity index (χ4n) is 4.01. The number of rotatable bonds is 7. The van der Waals surface area contributed by atoms with Gasteiger partial charge < -0.3 is 4.90 Å². The normalized spacial score (nSPS) is 11.5. The van der Waals surface area contributed by atoms with Crippen LogP contribution in [0.4, 0.5) is 5.13 Å². The standard InChI is InChI=1S/C27H26N4OS2/c1-18-11-12-22-25(16-18)34-27(29-22)31(14-7-13-30(2)3)26(32)20-17-23(24-10-6-15-33-24)28-21-9-5-4-8-19(20)21/h4-6,8-12,15-17H,7,13-14H2,1-3H3. The minimum Gasteiger partial charge on any atom is -0.309 e. The molecule has 0 bridgehead atoms. The van der Waals surface area contributed by atoms with E-state index in [0.29, 0.717) is 12.1 Å². The Morgan fingerprint density at radius 3 is 2.59 bits per heavy atom.